The Bertz CT molecular complexity index is 909. The van der Waals surface area contributed by atoms with Gasteiger partial charge in [0.25, 0.3) is 5.91 Å². The number of nitrogens with zero attached hydrogens (tertiary/aromatic N) is 5. The molecule has 0 spiro atoms. The van der Waals surface area contributed by atoms with Gasteiger partial charge in [0, 0.05) is 54.5 Å². The first-order chi connectivity index (χ1) is 12.7. The molecule has 0 atom stereocenters. The number of thiazole rings is 1. The van der Waals surface area contributed by atoms with E-state index in [1.165, 1.54) is 11.3 Å². The Morgan fingerprint density at radius 1 is 1.08 bits per heavy atom. The number of rotatable bonds is 3. The molecule has 0 bridgehead atoms. The summed E-state index contributed by atoms with van der Waals surface area (Å²) in [6.45, 7) is 2.67. The van der Waals surface area contributed by atoms with E-state index in [1.807, 2.05) is 34.5 Å². The zero-order valence-corrected chi connectivity index (χ0v) is 15.5. The molecule has 0 unspecified atom stereocenters. The van der Waals surface area contributed by atoms with E-state index in [4.69, 9.17) is 11.6 Å². The van der Waals surface area contributed by atoms with Crippen molar-refractivity contribution in [1.82, 2.24) is 19.9 Å². The first kappa shape index (κ1) is 16.9. The lowest BCUT2D eigenvalue weighted by molar-refractivity contribution is 0.0741. The molecule has 6 nitrogen and oxygen atoms in total. The summed E-state index contributed by atoms with van der Waals surface area (Å²) >= 11 is 7.49. The van der Waals surface area contributed by atoms with Crippen molar-refractivity contribution in [2.45, 2.75) is 0 Å². The molecule has 3 aromatic rings. The van der Waals surface area contributed by atoms with Crippen LogP contribution in [0.25, 0.3) is 10.6 Å². The molecule has 1 amide bonds. The number of anilines is 1. The third-order valence-corrected chi connectivity index (χ3v) is 5.32. The van der Waals surface area contributed by atoms with Gasteiger partial charge < -0.3 is 9.80 Å². The first-order valence-corrected chi connectivity index (χ1v) is 9.49. The van der Waals surface area contributed by atoms with Crippen molar-refractivity contribution >= 4 is 34.8 Å². The predicted molar refractivity (Wildman–Crippen MR) is 103 cm³/mol. The van der Waals surface area contributed by atoms with Gasteiger partial charge in [-0.25, -0.2) is 15.0 Å². The molecule has 0 saturated carbocycles. The Kier molecular flexibility index (Phi) is 4.81. The fourth-order valence-corrected chi connectivity index (χ4v) is 3.83. The van der Waals surface area contributed by atoms with Crippen molar-refractivity contribution in [3.63, 3.8) is 0 Å². The van der Waals surface area contributed by atoms with Crippen molar-refractivity contribution in [1.29, 1.82) is 0 Å². The maximum Gasteiger partial charge on any atom is 0.273 e. The minimum absolute atomic E-state index is 0.0387. The van der Waals surface area contributed by atoms with Gasteiger partial charge in [-0.1, -0.05) is 23.7 Å². The normalized spacial score (nSPS) is 14.5. The molecule has 1 aliphatic heterocycles. The zero-order valence-electron chi connectivity index (χ0n) is 13.9. The number of benzene rings is 1. The van der Waals surface area contributed by atoms with E-state index in [0.717, 1.165) is 10.6 Å². The summed E-state index contributed by atoms with van der Waals surface area (Å²) in [5, 5.41) is 3.27. The SMILES string of the molecule is O=C(c1csc(-c2cccc(Cl)c2)n1)N1CCN(c2ncccn2)CC1. The number of halogens is 1. The molecule has 0 aliphatic carbocycles. The molecule has 0 N–H and O–H groups in total. The van der Waals surface area contributed by atoms with Gasteiger partial charge >= 0.3 is 0 Å². The topological polar surface area (TPSA) is 62.2 Å². The third kappa shape index (κ3) is 3.54. The largest absolute Gasteiger partial charge is 0.337 e. The summed E-state index contributed by atoms with van der Waals surface area (Å²) in [4.78, 5) is 29.7. The van der Waals surface area contributed by atoms with Crippen LogP contribution < -0.4 is 4.90 Å². The summed E-state index contributed by atoms with van der Waals surface area (Å²) in [7, 11) is 0. The fourth-order valence-electron chi connectivity index (χ4n) is 2.85. The Morgan fingerprint density at radius 2 is 1.85 bits per heavy atom. The summed E-state index contributed by atoms with van der Waals surface area (Å²) in [5.41, 5.74) is 1.40. The highest BCUT2D eigenvalue weighted by Gasteiger charge is 2.25. The number of aromatic nitrogens is 3. The number of amides is 1. The van der Waals surface area contributed by atoms with Crippen molar-refractivity contribution in [2.75, 3.05) is 31.1 Å². The van der Waals surface area contributed by atoms with E-state index in [9.17, 15) is 4.79 Å². The van der Waals surface area contributed by atoms with Crippen LogP contribution in [0, 0.1) is 0 Å². The second-order valence-electron chi connectivity index (χ2n) is 5.88. The van der Waals surface area contributed by atoms with Crippen LogP contribution in [0.5, 0.6) is 0 Å². The second kappa shape index (κ2) is 7.39. The van der Waals surface area contributed by atoms with E-state index in [1.54, 1.807) is 18.5 Å². The average molecular weight is 386 g/mol. The van der Waals surface area contributed by atoms with Crippen LogP contribution in [-0.4, -0.2) is 51.9 Å². The monoisotopic (exact) mass is 385 g/mol. The average Bonchev–Trinajstić information content (AvgIpc) is 3.18. The van der Waals surface area contributed by atoms with Crippen molar-refractivity contribution in [2.24, 2.45) is 0 Å². The summed E-state index contributed by atoms with van der Waals surface area (Å²) in [6.07, 6.45) is 3.46. The van der Waals surface area contributed by atoms with Gasteiger partial charge in [-0.15, -0.1) is 11.3 Å². The van der Waals surface area contributed by atoms with Crippen LogP contribution in [0.4, 0.5) is 5.95 Å². The Morgan fingerprint density at radius 3 is 2.58 bits per heavy atom. The molecule has 3 heterocycles. The maximum absolute atomic E-state index is 12.7. The standard InChI is InChI=1S/C18H16ClN5OS/c19-14-4-1-3-13(11-14)16-22-15(12-26-16)17(25)23-7-9-24(10-8-23)18-20-5-2-6-21-18/h1-6,11-12H,7-10H2. The zero-order chi connectivity index (χ0) is 17.9. The van der Waals surface area contributed by atoms with E-state index < -0.39 is 0 Å². The van der Waals surface area contributed by atoms with E-state index >= 15 is 0 Å². The molecule has 1 fully saturated rings. The second-order valence-corrected chi connectivity index (χ2v) is 7.17. The lowest BCUT2D eigenvalue weighted by Crippen LogP contribution is -2.49. The Balaban J connectivity index is 1.43. The van der Waals surface area contributed by atoms with Crippen LogP contribution >= 0.6 is 22.9 Å². The number of piperazine rings is 1. The third-order valence-electron chi connectivity index (χ3n) is 4.20. The molecule has 4 rings (SSSR count). The van der Waals surface area contributed by atoms with Gasteiger partial charge in [-0.05, 0) is 18.2 Å². The number of carbonyl (C=O) groups is 1. The highest BCUT2D eigenvalue weighted by atomic mass is 35.5. The predicted octanol–water partition coefficient (Wildman–Crippen LogP) is 3.22. The van der Waals surface area contributed by atoms with Gasteiger partial charge in [-0.3, -0.25) is 4.79 Å². The van der Waals surface area contributed by atoms with Crippen molar-refractivity contribution in [3.05, 3.63) is 58.8 Å². The quantitative estimate of drug-likeness (QED) is 0.692. The maximum atomic E-state index is 12.7. The van der Waals surface area contributed by atoms with Crippen LogP contribution in [0.2, 0.25) is 5.02 Å². The minimum Gasteiger partial charge on any atom is -0.337 e. The molecule has 26 heavy (non-hydrogen) atoms. The van der Waals surface area contributed by atoms with E-state index in [2.05, 4.69) is 19.9 Å². The lowest BCUT2D eigenvalue weighted by Gasteiger charge is -2.34. The highest BCUT2D eigenvalue weighted by molar-refractivity contribution is 7.13. The molecule has 8 heteroatoms. The molecular weight excluding hydrogens is 370 g/mol. The van der Waals surface area contributed by atoms with Gasteiger partial charge in [0.15, 0.2) is 0 Å². The molecule has 2 aromatic heterocycles. The minimum atomic E-state index is -0.0387. The molecule has 1 aromatic carbocycles. The van der Waals surface area contributed by atoms with Crippen LogP contribution in [0.15, 0.2) is 48.1 Å². The smallest absolute Gasteiger partial charge is 0.273 e. The molecular formula is C18H16ClN5OS. The van der Waals surface area contributed by atoms with Gasteiger partial charge in [0.05, 0.1) is 0 Å². The summed E-state index contributed by atoms with van der Waals surface area (Å²) < 4.78 is 0. The van der Waals surface area contributed by atoms with Crippen LogP contribution in [0.3, 0.4) is 0 Å². The molecule has 1 aliphatic rings. The van der Waals surface area contributed by atoms with Gasteiger partial charge in [-0.2, -0.15) is 0 Å². The molecule has 1 saturated heterocycles. The van der Waals surface area contributed by atoms with E-state index in [-0.39, 0.29) is 5.91 Å². The highest BCUT2D eigenvalue weighted by Crippen LogP contribution is 2.26. The first-order valence-electron chi connectivity index (χ1n) is 8.23. The molecule has 132 valence electrons. The van der Waals surface area contributed by atoms with Crippen LogP contribution in [-0.2, 0) is 0 Å². The van der Waals surface area contributed by atoms with Crippen molar-refractivity contribution in [3.8, 4) is 10.6 Å². The molecule has 0 radical (unpaired) electrons. The summed E-state index contributed by atoms with van der Waals surface area (Å²) in [6, 6.07) is 9.29. The van der Waals surface area contributed by atoms with Gasteiger partial charge in [0.2, 0.25) is 5.95 Å². The van der Waals surface area contributed by atoms with Gasteiger partial charge in [0.1, 0.15) is 10.7 Å². The van der Waals surface area contributed by atoms with Crippen molar-refractivity contribution < 1.29 is 4.79 Å². The van der Waals surface area contributed by atoms with Crippen LogP contribution in [0.1, 0.15) is 10.5 Å². The Labute approximate surface area is 160 Å². The number of hydrogen-bond acceptors (Lipinski definition) is 6. The number of hydrogen-bond donors (Lipinski definition) is 0. The van der Waals surface area contributed by atoms with E-state index in [0.29, 0.717) is 42.8 Å². The Hall–Kier alpha value is -2.51. The fraction of sp³-hybridized carbons (Fsp3) is 0.222. The number of carbonyl (C=O) groups excluding carboxylic acids is 1. The summed E-state index contributed by atoms with van der Waals surface area (Å²) in [5.74, 6) is 0.666. The lowest BCUT2D eigenvalue weighted by atomic mass is 10.2.